The summed E-state index contributed by atoms with van der Waals surface area (Å²) in [5.74, 6) is -2.15. The van der Waals surface area contributed by atoms with Crippen LogP contribution in [0.5, 0.6) is 0 Å². The van der Waals surface area contributed by atoms with Crippen LogP contribution in [-0.2, 0) is 10.9 Å². The Morgan fingerprint density at radius 2 is 1.97 bits per heavy atom. The van der Waals surface area contributed by atoms with E-state index < -0.39 is 28.9 Å². The van der Waals surface area contributed by atoms with Gasteiger partial charge in [-0.3, -0.25) is 0 Å². The lowest BCUT2D eigenvalue weighted by Gasteiger charge is -2.21. The first-order valence-electron chi connectivity index (χ1n) is 9.12. The number of alkyl halides is 3. The van der Waals surface area contributed by atoms with E-state index in [1.165, 1.54) is 18.0 Å². The Labute approximate surface area is 172 Å². The molecule has 2 aromatic heterocycles. The van der Waals surface area contributed by atoms with Gasteiger partial charge in [0.1, 0.15) is 5.82 Å². The summed E-state index contributed by atoms with van der Waals surface area (Å²) in [6.07, 6.45) is -1.39. The van der Waals surface area contributed by atoms with Crippen molar-refractivity contribution in [2.24, 2.45) is 0 Å². The van der Waals surface area contributed by atoms with Crippen molar-refractivity contribution in [3.8, 4) is 11.4 Å². The Morgan fingerprint density at radius 3 is 2.63 bits per heavy atom. The number of H-pyrrole nitrogens is 1. The fourth-order valence-electron chi connectivity index (χ4n) is 3.60. The molecule has 1 aliphatic heterocycles. The zero-order chi connectivity index (χ0) is 21.5. The predicted molar refractivity (Wildman–Crippen MR) is 102 cm³/mol. The molecule has 1 N–H and O–H groups in total. The van der Waals surface area contributed by atoms with Gasteiger partial charge in [-0.1, -0.05) is 0 Å². The molecular weight excluding hydrogens is 427 g/mol. The van der Waals surface area contributed by atoms with Gasteiger partial charge in [-0.25, -0.2) is 23.1 Å². The average molecular weight is 444 g/mol. The second-order valence-corrected chi connectivity index (χ2v) is 8.00. The van der Waals surface area contributed by atoms with E-state index in [2.05, 4.69) is 19.3 Å². The van der Waals surface area contributed by atoms with Crippen LogP contribution in [0.25, 0.3) is 22.3 Å². The molecule has 0 radical (unpaired) electrons. The van der Waals surface area contributed by atoms with E-state index >= 15 is 0 Å². The zero-order valence-electron chi connectivity index (χ0n) is 15.8. The van der Waals surface area contributed by atoms with E-state index in [1.54, 1.807) is 7.11 Å². The summed E-state index contributed by atoms with van der Waals surface area (Å²) in [6.45, 7) is 1.30. The van der Waals surface area contributed by atoms with Crippen molar-refractivity contribution in [1.82, 2.24) is 19.3 Å². The smallest absolute Gasteiger partial charge is 0.383 e. The van der Waals surface area contributed by atoms with Gasteiger partial charge in [0, 0.05) is 30.6 Å². The monoisotopic (exact) mass is 444 g/mol. The Balaban J connectivity index is 1.83. The number of fused-ring (bicyclic) bond motifs is 1. The largest absolute Gasteiger partial charge is 0.417 e. The molecule has 0 spiro atoms. The summed E-state index contributed by atoms with van der Waals surface area (Å²) < 4.78 is 76.0. The fourth-order valence-corrected chi connectivity index (χ4v) is 4.71. The average Bonchev–Trinajstić information content (AvgIpc) is 3.30. The number of nitrogens with one attached hydrogen (secondary N) is 1. The normalized spacial score (nSPS) is 17.9. The summed E-state index contributed by atoms with van der Waals surface area (Å²) in [4.78, 5) is 10.3. The maximum absolute atomic E-state index is 14.6. The molecule has 1 atom stereocenters. The Hall–Kier alpha value is -2.24. The molecule has 30 heavy (non-hydrogen) atoms. The number of hydrogen-bond acceptors (Lipinski definition) is 5. The van der Waals surface area contributed by atoms with Crippen molar-refractivity contribution in [3.63, 3.8) is 0 Å². The number of nitrogens with zero attached hydrogens (tertiary/aromatic N) is 3. The Kier molecular flexibility index (Phi) is 5.69. The third-order valence-corrected chi connectivity index (χ3v) is 6.02. The van der Waals surface area contributed by atoms with Crippen molar-refractivity contribution in [1.29, 1.82) is 0 Å². The van der Waals surface area contributed by atoms with Crippen LogP contribution in [0.1, 0.15) is 18.4 Å². The highest BCUT2D eigenvalue weighted by Crippen LogP contribution is 2.43. The van der Waals surface area contributed by atoms with Crippen molar-refractivity contribution in [3.05, 3.63) is 41.7 Å². The predicted octanol–water partition coefficient (Wildman–Crippen LogP) is 5.04. The molecule has 160 valence electrons. The van der Waals surface area contributed by atoms with Gasteiger partial charge in [0.2, 0.25) is 0 Å². The molecule has 0 saturated carbocycles. The molecule has 1 saturated heterocycles. The molecule has 3 heterocycles. The third kappa shape index (κ3) is 4.01. The molecule has 1 unspecified atom stereocenters. The number of hydrogen-bond donors (Lipinski definition) is 1. The number of methoxy groups -OCH3 is 1. The van der Waals surface area contributed by atoms with Gasteiger partial charge in [-0.05, 0) is 36.9 Å². The van der Waals surface area contributed by atoms with Gasteiger partial charge in [0.25, 0.3) is 0 Å². The number of halogens is 5. The maximum atomic E-state index is 14.6. The van der Waals surface area contributed by atoms with Crippen LogP contribution in [0.15, 0.2) is 29.6 Å². The van der Waals surface area contributed by atoms with E-state index in [9.17, 15) is 22.0 Å². The van der Waals surface area contributed by atoms with Crippen LogP contribution in [-0.4, -0.2) is 45.6 Å². The minimum atomic E-state index is -4.84. The standard InChI is InChI=1S/C19H17F5N4OS/c1-29-9-11-3-2-4-28(11)30-15-5-12-16(18-25-7-10(20)8-26-18)13(19(22,23)24)6-14(21)17(12)27-15/h5-8,11,27H,2-4,9H2,1H3. The SMILES string of the molecule is COCC1CCCN1Sc1cc2c(-c3ncc(F)cn3)c(C(F)(F)F)cc(F)c2[nH]1. The molecule has 5 nitrogen and oxygen atoms in total. The number of ether oxygens (including phenoxy) is 1. The summed E-state index contributed by atoms with van der Waals surface area (Å²) in [7, 11) is 1.60. The first-order chi connectivity index (χ1) is 14.3. The van der Waals surface area contributed by atoms with Crippen LogP contribution >= 0.6 is 11.9 Å². The first-order valence-corrected chi connectivity index (χ1v) is 9.89. The second kappa shape index (κ2) is 8.12. The number of aromatic nitrogens is 3. The molecule has 1 fully saturated rings. The van der Waals surface area contributed by atoms with E-state index in [0.29, 0.717) is 17.7 Å². The first kappa shape index (κ1) is 21.0. The van der Waals surface area contributed by atoms with Gasteiger partial charge in [0.15, 0.2) is 11.6 Å². The highest BCUT2D eigenvalue weighted by Gasteiger charge is 2.37. The lowest BCUT2D eigenvalue weighted by Crippen LogP contribution is -2.26. The van der Waals surface area contributed by atoms with E-state index in [4.69, 9.17) is 4.74 Å². The summed E-state index contributed by atoms with van der Waals surface area (Å²) in [5, 5.41) is 0.466. The number of rotatable bonds is 5. The minimum Gasteiger partial charge on any atom is -0.383 e. The number of benzene rings is 1. The fraction of sp³-hybridized carbons (Fsp3) is 0.368. The Morgan fingerprint density at radius 1 is 1.23 bits per heavy atom. The van der Waals surface area contributed by atoms with Crippen LogP contribution in [0, 0.1) is 11.6 Å². The molecule has 3 aromatic rings. The third-order valence-electron chi connectivity index (χ3n) is 4.89. The van der Waals surface area contributed by atoms with Crippen molar-refractivity contribution in [2.45, 2.75) is 30.1 Å². The summed E-state index contributed by atoms with van der Waals surface area (Å²) in [5.41, 5.74) is -1.69. The quantitative estimate of drug-likeness (QED) is 0.442. The highest BCUT2D eigenvalue weighted by atomic mass is 32.2. The lowest BCUT2D eigenvalue weighted by atomic mass is 10.0. The van der Waals surface area contributed by atoms with E-state index in [1.807, 2.05) is 0 Å². The van der Waals surface area contributed by atoms with Crippen molar-refractivity contribution in [2.75, 3.05) is 20.3 Å². The molecule has 0 bridgehead atoms. The molecule has 0 amide bonds. The van der Waals surface area contributed by atoms with Crippen LogP contribution < -0.4 is 0 Å². The second-order valence-electron chi connectivity index (χ2n) is 6.91. The Bertz CT molecular complexity index is 1050. The molecule has 11 heteroatoms. The molecule has 0 aliphatic carbocycles. The van der Waals surface area contributed by atoms with Crippen LogP contribution in [0.2, 0.25) is 0 Å². The van der Waals surface area contributed by atoms with Gasteiger partial charge in [-0.15, -0.1) is 0 Å². The van der Waals surface area contributed by atoms with E-state index in [0.717, 1.165) is 31.8 Å². The van der Waals surface area contributed by atoms with E-state index in [-0.39, 0.29) is 22.8 Å². The highest BCUT2D eigenvalue weighted by molar-refractivity contribution is 7.97. The van der Waals surface area contributed by atoms with Crippen molar-refractivity contribution < 1.29 is 26.7 Å². The minimum absolute atomic E-state index is 0.0149. The zero-order valence-corrected chi connectivity index (χ0v) is 16.6. The molecular formula is C19H17F5N4OS. The molecule has 1 aliphatic rings. The van der Waals surface area contributed by atoms with Gasteiger partial charge < -0.3 is 9.72 Å². The van der Waals surface area contributed by atoms with Gasteiger partial charge >= 0.3 is 6.18 Å². The van der Waals surface area contributed by atoms with Crippen LogP contribution in [0.3, 0.4) is 0 Å². The summed E-state index contributed by atoms with van der Waals surface area (Å²) in [6, 6.07) is 2.02. The number of aromatic amines is 1. The lowest BCUT2D eigenvalue weighted by molar-refractivity contribution is -0.137. The van der Waals surface area contributed by atoms with Gasteiger partial charge in [-0.2, -0.15) is 13.2 Å². The molecule has 1 aromatic carbocycles. The van der Waals surface area contributed by atoms with Gasteiger partial charge in [0.05, 0.1) is 35.1 Å². The molecule has 4 rings (SSSR count). The van der Waals surface area contributed by atoms with Crippen LogP contribution in [0.4, 0.5) is 22.0 Å². The maximum Gasteiger partial charge on any atom is 0.417 e. The van der Waals surface area contributed by atoms with Crippen molar-refractivity contribution >= 4 is 22.9 Å². The summed E-state index contributed by atoms with van der Waals surface area (Å²) >= 11 is 1.30. The topological polar surface area (TPSA) is 54.0 Å².